The first-order valence-corrected chi connectivity index (χ1v) is 7.48. The van der Waals surface area contributed by atoms with Crippen LogP contribution in [0.15, 0.2) is 18.2 Å². The summed E-state index contributed by atoms with van der Waals surface area (Å²) in [5.74, 6) is 0. The van der Waals surface area contributed by atoms with Crippen molar-refractivity contribution in [2.75, 3.05) is 26.8 Å². The third kappa shape index (κ3) is 3.95. The Balaban J connectivity index is 1.94. The largest absolute Gasteiger partial charge is 0.383 e. The lowest BCUT2D eigenvalue weighted by Crippen LogP contribution is -2.42. The summed E-state index contributed by atoms with van der Waals surface area (Å²) in [6.45, 7) is 4.86. The van der Waals surface area contributed by atoms with E-state index < -0.39 is 0 Å². The lowest BCUT2D eigenvalue weighted by molar-refractivity contribution is 0.123. The Morgan fingerprint density at radius 1 is 1.37 bits per heavy atom. The van der Waals surface area contributed by atoms with E-state index in [1.165, 1.54) is 30.4 Å². The molecule has 2 rings (SSSR count). The molecular formula is C16H24ClNO. The van der Waals surface area contributed by atoms with Crippen LogP contribution in [0.3, 0.4) is 0 Å². The van der Waals surface area contributed by atoms with E-state index in [2.05, 4.69) is 30.4 Å². The summed E-state index contributed by atoms with van der Waals surface area (Å²) >= 11 is 6.36. The molecule has 0 amide bonds. The quantitative estimate of drug-likeness (QED) is 0.771. The molecule has 0 unspecified atom stereocenters. The van der Waals surface area contributed by atoms with Crippen LogP contribution in [0, 0.1) is 12.3 Å². The molecule has 106 valence electrons. The van der Waals surface area contributed by atoms with E-state index in [0.29, 0.717) is 5.41 Å². The van der Waals surface area contributed by atoms with Crippen molar-refractivity contribution in [2.45, 2.75) is 32.6 Å². The minimum absolute atomic E-state index is 0.409. The minimum atomic E-state index is 0.409. The number of hydrogen-bond acceptors (Lipinski definition) is 2. The highest BCUT2D eigenvalue weighted by molar-refractivity contribution is 6.31. The van der Waals surface area contributed by atoms with E-state index in [9.17, 15) is 0 Å². The Kier molecular flexibility index (Phi) is 5.26. The lowest BCUT2D eigenvalue weighted by Gasteiger charge is -2.42. The molecule has 0 spiro atoms. The fourth-order valence-corrected chi connectivity index (χ4v) is 3.12. The van der Waals surface area contributed by atoms with Crippen LogP contribution in [0.1, 0.15) is 30.4 Å². The number of rotatable bonds is 7. The summed E-state index contributed by atoms with van der Waals surface area (Å²) in [5, 5.41) is 4.43. The number of methoxy groups -OCH3 is 1. The van der Waals surface area contributed by atoms with Crippen LogP contribution in [0.25, 0.3) is 0 Å². The van der Waals surface area contributed by atoms with Gasteiger partial charge in [-0.25, -0.2) is 0 Å². The van der Waals surface area contributed by atoms with E-state index >= 15 is 0 Å². The first kappa shape index (κ1) is 14.8. The number of nitrogens with one attached hydrogen (secondary N) is 1. The summed E-state index contributed by atoms with van der Waals surface area (Å²) < 4.78 is 5.08. The van der Waals surface area contributed by atoms with Crippen LogP contribution in [0.2, 0.25) is 5.02 Å². The topological polar surface area (TPSA) is 21.3 Å². The number of halogens is 1. The molecule has 0 bridgehead atoms. The second kappa shape index (κ2) is 6.74. The summed E-state index contributed by atoms with van der Waals surface area (Å²) in [6.07, 6.45) is 5.04. The van der Waals surface area contributed by atoms with E-state index in [-0.39, 0.29) is 0 Å². The molecule has 1 aromatic carbocycles. The lowest BCUT2D eigenvalue weighted by atomic mass is 9.65. The monoisotopic (exact) mass is 281 g/mol. The molecule has 1 aliphatic rings. The average Bonchev–Trinajstić information content (AvgIpc) is 2.34. The van der Waals surface area contributed by atoms with Crippen LogP contribution in [-0.2, 0) is 11.2 Å². The molecular weight excluding hydrogens is 258 g/mol. The SMILES string of the molecule is COCCNCC1(Cc2ccc(C)cc2Cl)CCC1. The summed E-state index contributed by atoms with van der Waals surface area (Å²) in [7, 11) is 1.74. The molecule has 1 N–H and O–H groups in total. The number of benzene rings is 1. The molecule has 0 radical (unpaired) electrons. The maximum absolute atomic E-state index is 6.36. The van der Waals surface area contributed by atoms with Gasteiger partial charge in [-0.1, -0.05) is 30.2 Å². The fourth-order valence-electron chi connectivity index (χ4n) is 2.82. The number of aryl methyl sites for hydroxylation is 1. The average molecular weight is 282 g/mol. The van der Waals surface area contributed by atoms with Crippen LogP contribution < -0.4 is 5.32 Å². The van der Waals surface area contributed by atoms with Gasteiger partial charge in [0.25, 0.3) is 0 Å². The third-order valence-corrected chi connectivity index (χ3v) is 4.52. The van der Waals surface area contributed by atoms with E-state index in [4.69, 9.17) is 16.3 Å². The van der Waals surface area contributed by atoms with Gasteiger partial charge in [0.2, 0.25) is 0 Å². The van der Waals surface area contributed by atoms with Gasteiger partial charge in [0.1, 0.15) is 0 Å². The maximum atomic E-state index is 6.36. The van der Waals surface area contributed by atoms with Gasteiger partial charge >= 0.3 is 0 Å². The molecule has 3 heteroatoms. The van der Waals surface area contributed by atoms with Crippen molar-refractivity contribution in [2.24, 2.45) is 5.41 Å². The predicted octanol–water partition coefficient (Wildman–Crippen LogP) is 3.60. The van der Waals surface area contributed by atoms with Gasteiger partial charge in [-0.05, 0) is 48.8 Å². The summed E-state index contributed by atoms with van der Waals surface area (Å²) in [5.41, 5.74) is 2.93. The fraction of sp³-hybridized carbons (Fsp3) is 0.625. The zero-order chi connectivity index (χ0) is 13.7. The Morgan fingerprint density at radius 2 is 2.16 bits per heavy atom. The van der Waals surface area contributed by atoms with Crippen LogP contribution in [0.4, 0.5) is 0 Å². The van der Waals surface area contributed by atoms with Crippen LogP contribution in [0.5, 0.6) is 0 Å². The standard InChI is InChI=1S/C16H24ClNO/c1-13-4-5-14(15(17)10-13)11-16(6-3-7-16)12-18-8-9-19-2/h4-5,10,18H,3,6-9,11-12H2,1-2H3. The Bertz CT molecular complexity index is 415. The highest BCUT2D eigenvalue weighted by Gasteiger charge is 2.36. The molecule has 1 aliphatic carbocycles. The molecule has 1 aromatic rings. The van der Waals surface area contributed by atoms with Crippen LogP contribution >= 0.6 is 11.6 Å². The smallest absolute Gasteiger partial charge is 0.0587 e. The normalized spacial score (nSPS) is 17.2. The predicted molar refractivity (Wildman–Crippen MR) is 80.9 cm³/mol. The van der Waals surface area contributed by atoms with Crippen molar-refractivity contribution in [3.63, 3.8) is 0 Å². The maximum Gasteiger partial charge on any atom is 0.0587 e. The molecule has 0 aliphatic heterocycles. The van der Waals surface area contributed by atoms with Crippen molar-refractivity contribution in [3.8, 4) is 0 Å². The first-order valence-electron chi connectivity index (χ1n) is 7.10. The molecule has 19 heavy (non-hydrogen) atoms. The molecule has 1 fully saturated rings. The Morgan fingerprint density at radius 3 is 2.74 bits per heavy atom. The van der Waals surface area contributed by atoms with Crippen molar-refractivity contribution in [1.29, 1.82) is 0 Å². The van der Waals surface area contributed by atoms with E-state index in [1.807, 2.05) is 0 Å². The Hall–Kier alpha value is -0.570. The summed E-state index contributed by atoms with van der Waals surface area (Å²) in [4.78, 5) is 0. The van der Waals surface area contributed by atoms with E-state index in [1.54, 1.807) is 7.11 Å². The van der Waals surface area contributed by atoms with Gasteiger partial charge in [0.15, 0.2) is 0 Å². The van der Waals surface area contributed by atoms with Crippen molar-refractivity contribution in [1.82, 2.24) is 5.32 Å². The van der Waals surface area contributed by atoms with Gasteiger partial charge in [0, 0.05) is 25.2 Å². The van der Waals surface area contributed by atoms with Crippen LogP contribution in [-0.4, -0.2) is 26.8 Å². The zero-order valence-electron chi connectivity index (χ0n) is 12.0. The van der Waals surface area contributed by atoms with Gasteiger partial charge in [0.05, 0.1) is 6.61 Å². The van der Waals surface area contributed by atoms with Crippen molar-refractivity contribution >= 4 is 11.6 Å². The second-order valence-corrected chi connectivity index (χ2v) is 6.20. The van der Waals surface area contributed by atoms with Gasteiger partial charge < -0.3 is 10.1 Å². The molecule has 2 nitrogen and oxygen atoms in total. The van der Waals surface area contributed by atoms with E-state index in [0.717, 1.165) is 31.1 Å². The number of ether oxygens (including phenoxy) is 1. The highest BCUT2D eigenvalue weighted by atomic mass is 35.5. The van der Waals surface area contributed by atoms with Crippen molar-refractivity contribution < 1.29 is 4.74 Å². The van der Waals surface area contributed by atoms with Gasteiger partial charge in [-0.15, -0.1) is 0 Å². The Labute approximate surface area is 121 Å². The van der Waals surface area contributed by atoms with Crippen molar-refractivity contribution in [3.05, 3.63) is 34.3 Å². The van der Waals surface area contributed by atoms with Gasteiger partial charge in [-0.2, -0.15) is 0 Å². The minimum Gasteiger partial charge on any atom is -0.383 e. The second-order valence-electron chi connectivity index (χ2n) is 5.79. The molecule has 1 saturated carbocycles. The molecule has 0 saturated heterocycles. The third-order valence-electron chi connectivity index (χ3n) is 4.17. The molecule has 0 atom stereocenters. The molecule has 0 heterocycles. The highest BCUT2D eigenvalue weighted by Crippen LogP contribution is 2.44. The first-order chi connectivity index (χ1) is 9.15. The van der Waals surface area contributed by atoms with Gasteiger partial charge in [-0.3, -0.25) is 0 Å². The zero-order valence-corrected chi connectivity index (χ0v) is 12.7. The molecule has 0 aromatic heterocycles. The number of hydrogen-bond donors (Lipinski definition) is 1. The summed E-state index contributed by atoms with van der Waals surface area (Å²) in [6, 6.07) is 6.42.